The summed E-state index contributed by atoms with van der Waals surface area (Å²) in [4.78, 5) is 12.1. The molecule has 0 saturated heterocycles. The molecule has 0 amide bonds. The van der Waals surface area contributed by atoms with Crippen LogP contribution in [0.3, 0.4) is 0 Å². The maximum atomic E-state index is 13.4. The van der Waals surface area contributed by atoms with Crippen molar-refractivity contribution in [3.05, 3.63) is 40.6 Å². The minimum Gasteiger partial charge on any atom is -0.287 e. The van der Waals surface area contributed by atoms with Crippen molar-refractivity contribution in [2.75, 3.05) is 5.75 Å². The second kappa shape index (κ2) is 4.80. The molecule has 1 nitrogen and oxygen atoms in total. The van der Waals surface area contributed by atoms with Gasteiger partial charge in [-0.2, -0.15) is 8.78 Å². The first-order valence-electron chi connectivity index (χ1n) is 5.50. The molecule has 2 rings (SSSR count). The lowest BCUT2D eigenvalue weighted by Gasteiger charge is -2.06. The number of halogens is 3. The number of carbonyl (C=O) groups is 1. The highest BCUT2D eigenvalue weighted by Crippen LogP contribution is 2.45. The number of alkyl halides is 2. The summed E-state index contributed by atoms with van der Waals surface area (Å²) >= 11 is 1.24. The number of Topliss-reactive ketones (excluding diaryl/α,β-unsaturated/α-hetero) is 1. The fourth-order valence-corrected chi connectivity index (χ4v) is 2.87. The molecular weight excluding hydrogens is 261 g/mol. The molecule has 0 unspecified atom stereocenters. The van der Waals surface area contributed by atoms with E-state index in [4.69, 9.17) is 0 Å². The highest BCUT2D eigenvalue weighted by molar-refractivity contribution is 8.03. The second-order valence-corrected chi connectivity index (χ2v) is 5.31. The van der Waals surface area contributed by atoms with Crippen molar-refractivity contribution in [3.63, 3.8) is 0 Å². The number of ketones is 1. The number of hydrogen-bond donors (Lipinski definition) is 0. The van der Waals surface area contributed by atoms with E-state index < -0.39 is 23.9 Å². The third-order valence-electron chi connectivity index (χ3n) is 2.67. The molecule has 0 saturated carbocycles. The number of benzene rings is 1. The molecule has 18 heavy (non-hydrogen) atoms. The molecule has 0 aromatic heterocycles. The Morgan fingerprint density at radius 2 is 1.89 bits per heavy atom. The van der Waals surface area contributed by atoms with Gasteiger partial charge in [0.1, 0.15) is 5.82 Å². The van der Waals surface area contributed by atoms with Crippen LogP contribution < -0.4 is 0 Å². The van der Waals surface area contributed by atoms with Gasteiger partial charge in [0.15, 0.2) is 0 Å². The molecule has 0 heterocycles. The summed E-state index contributed by atoms with van der Waals surface area (Å²) in [6.07, 6.45) is -0.545. The molecule has 0 N–H and O–H groups in total. The van der Waals surface area contributed by atoms with Gasteiger partial charge in [-0.1, -0.05) is 19.1 Å². The lowest BCUT2D eigenvalue weighted by atomic mass is 10.0. The molecule has 0 spiro atoms. The molecule has 1 aliphatic carbocycles. The summed E-state index contributed by atoms with van der Waals surface area (Å²) in [5.41, 5.74) is 0.390. The molecule has 96 valence electrons. The molecular formula is C13H11F3OS. The van der Waals surface area contributed by atoms with Crippen molar-refractivity contribution < 1.29 is 18.0 Å². The summed E-state index contributed by atoms with van der Waals surface area (Å²) in [5.74, 6) is -4.34. The van der Waals surface area contributed by atoms with Crippen molar-refractivity contribution in [3.8, 4) is 0 Å². The van der Waals surface area contributed by atoms with Crippen molar-refractivity contribution in [1.82, 2.24) is 0 Å². The molecule has 0 aliphatic heterocycles. The van der Waals surface area contributed by atoms with E-state index >= 15 is 0 Å². The van der Waals surface area contributed by atoms with Gasteiger partial charge >= 0.3 is 5.92 Å². The van der Waals surface area contributed by atoms with Crippen molar-refractivity contribution >= 4 is 23.1 Å². The Morgan fingerprint density at radius 3 is 2.44 bits per heavy atom. The molecule has 5 heteroatoms. The van der Waals surface area contributed by atoms with Crippen molar-refractivity contribution in [2.24, 2.45) is 0 Å². The maximum Gasteiger partial charge on any atom is 0.314 e. The summed E-state index contributed by atoms with van der Waals surface area (Å²) in [5, 5.41) is 0. The third kappa shape index (κ3) is 2.32. The van der Waals surface area contributed by atoms with Gasteiger partial charge in [-0.05, 0) is 23.4 Å². The Bertz CT molecular complexity index is 505. The molecule has 0 bridgehead atoms. The number of allylic oxidation sites excluding steroid dienone is 2. The van der Waals surface area contributed by atoms with Crippen molar-refractivity contribution in [2.45, 2.75) is 19.3 Å². The van der Waals surface area contributed by atoms with Crippen molar-refractivity contribution in [1.29, 1.82) is 0 Å². The monoisotopic (exact) mass is 272 g/mol. The van der Waals surface area contributed by atoms with E-state index in [0.717, 1.165) is 0 Å². The largest absolute Gasteiger partial charge is 0.314 e. The predicted molar refractivity (Wildman–Crippen MR) is 66.0 cm³/mol. The SMILES string of the molecule is CCSC1=C(c2ccc(F)cc2)C(=O)C(F)(F)C1. The fourth-order valence-electron chi connectivity index (χ4n) is 1.89. The third-order valence-corrected chi connectivity index (χ3v) is 3.66. The van der Waals surface area contributed by atoms with E-state index in [9.17, 15) is 18.0 Å². The van der Waals surface area contributed by atoms with Crippen LogP contribution in [0, 0.1) is 5.82 Å². The highest BCUT2D eigenvalue weighted by Gasteiger charge is 2.48. The van der Waals surface area contributed by atoms with Crippen LogP contribution in [0.4, 0.5) is 13.2 Å². The first-order chi connectivity index (χ1) is 8.45. The normalized spacial score (nSPS) is 18.6. The zero-order valence-corrected chi connectivity index (χ0v) is 10.5. The van der Waals surface area contributed by atoms with E-state index in [1.54, 1.807) is 0 Å². The number of hydrogen-bond acceptors (Lipinski definition) is 2. The lowest BCUT2D eigenvalue weighted by molar-refractivity contribution is -0.134. The Morgan fingerprint density at radius 1 is 1.28 bits per heavy atom. The first-order valence-corrected chi connectivity index (χ1v) is 6.49. The maximum absolute atomic E-state index is 13.4. The van der Waals surface area contributed by atoms with E-state index in [0.29, 0.717) is 16.2 Å². The second-order valence-electron chi connectivity index (χ2n) is 3.95. The van der Waals surface area contributed by atoms with Crippen LogP contribution in [0.5, 0.6) is 0 Å². The average molecular weight is 272 g/mol. The van der Waals surface area contributed by atoms with Crippen LogP contribution >= 0.6 is 11.8 Å². The fraction of sp³-hybridized carbons (Fsp3) is 0.308. The zero-order chi connectivity index (χ0) is 13.3. The predicted octanol–water partition coefficient (Wildman–Crippen LogP) is 3.90. The van der Waals surface area contributed by atoms with Gasteiger partial charge in [0.2, 0.25) is 5.78 Å². The van der Waals surface area contributed by atoms with Crippen LogP contribution in [-0.4, -0.2) is 17.5 Å². The Hall–Kier alpha value is -1.23. The molecule has 1 aromatic carbocycles. The zero-order valence-electron chi connectivity index (χ0n) is 9.67. The summed E-state index contributed by atoms with van der Waals surface area (Å²) in [6, 6.07) is 5.06. The van der Waals surface area contributed by atoms with Crippen LogP contribution in [0.25, 0.3) is 5.57 Å². The Balaban J connectivity index is 2.46. The van der Waals surface area contributed by atoms with Gasteiger partial charge in [-0.25, -0.2) is 4.39 Å². The van der Waals surface area contributed by atoms with Gasteiger partial charge in [0.05, 0.1) is 6.42 Å². The summed E-state index contributed by atoms with van der Waals surface area (Å²) in [7, 11) is 0. The highest BCUT2D eigenvalue weighted by atomic mass is 32.2. The average Bonchev–Trinajstić information content (AvgIpc) is 2.52. The molecule has 0 atom stereocenters. The van der Waals surface area contributed by atoms with E-state index in [1.165, 1.54) is 36.0 Å². The lowest BCUT2D eigenvalue weighted by Crippen LogP contribution is -2.23. The van der Waals surface area contributed by atoms with Gasteiger partial charge in [0, 0.05) is 10.5 Å². The number of thioether (sulfide) groups is 1. The standard InChI is InChI=1S/C13H11F3OS/c1-2-18-10-7-13(15,16)12(17)11(10)8-3-5-9(14)6-4-8/h3-6H,2,7H2,1H3. The van der Waals surface area contributed by atoms with Crippen LogP contribution in [0.1, 0.15) is 18.9 Å². The van der Waals surface area contributed by atoms with E-state index in [2.05, 4.69) is 0 Å². The van der Waals surface area contributed by atoms with Gasteiger partial charge < -0.3 is 0 Å². The Labute approximate surface area is 107 Å². The number of carbonyl (C=O) groups excluding carboxylic acids is 1. The van der Waals surface area contributed by atoms with Gasteiger partial charge in [0.25, 0.3) is 0 Å². The van der Waals surface area contributed by atoms with E-state index in [-0.39, 0.29) is 5.57 Å². The van der Waals surface area contributed by atoms with Crippen LogP contribution in [-0.2, 0) is 4.79 Å². The smallest absolute Gasteiger partial charge is 0.287 e. The molecule has 1 aliphatic rings. The van der Waals surface area contributed by atoms with E-state index in [1.807, 2.05) is 6.92 Å². The molecule has 1 aromatic rings. The minimum atomic E-state index is -3.33. The topological polar surface area (TPSA) is 17.1 Å². The summed E-state index contributed by atoms with van der Waals surface area (Å²) in [6.45, 7) is 1.83. The summed E-state index contributed by atoms with van der Waals surface area (Å²) < 4.78 is 39.7. The van der Waals surface area contributed by atoms with Crippen LogP contribution in [0.15, 0.2) is 29.2 Å². The first kappa shape index (κ1) is 13.2. The molecule has 0 radical (unpaired) electrons. The van der Waals surface area contributed by atoms with Crippen LogP contribution in [0.2, 0.25) is 0 Å². The van der Waals surface area contributed by atoms with Gasteiger partial charge in [-0.3, -0.25) is 4.79 Å². The quantitative estimate of drug-likeness (QED) is 0.830. The molecule has 0 fully saturated rings. The van der Waals surface area contributed by atoms with Gasteiger partial charge in [-0.15, -0.1) is 11.8 Å². The minimum absolute atomic E-state index is 0.0341. The Kier molecular flexibility index (Phi) is 3.52. The number of rotatable bonds is 3.